The molecular formula is C13H22N4O3. The standard InChI is InChI=1S/C13H22N4O3/c1-19-6-3-2-5-17-13(10-4-7-20-9-10)11(15-16-17)8-12(14)18/h10H,2-9H2,1H3,(H2,14,18). The Morgan fingerprint density at radius 3 is 3.05 bits per heavy atom. The van der Waals surface area contributed by atoms with Crippen LogP contribution in [0.15, 0.2) is 0 Å². The largest absolute Gasteiger partial charge is 0.385 e. The first kappa shape index (κ1) is 14.9. The first-order chi connectivity index (χ1) is 9.72. The Labute approximate surface area is 118 Å². The minimum atomic E-state index is -0.378. The van der Waals surface area contributed by atoms with Gasteiger partial charge in [-0.3, -0.25) is 4.79 Å². The zero-order valence-electron chi connectivity index (χ0n) is 11.9. The number of amides is 1. The van der Waals surface area contributed by atoms with Crippen LogP contribution in [0.2, 0.25) is 0 Å². The number of unbranched alkanes of at least 4 members (excludes halogenated alkanes) is 1. The van der Waals surface area contributed by atoms with Gasteiger partial charge in [0, 0.05) is 32.8 Å². The van der Waals surface area contributed by atoms with Crippen molar-refractivity contribution in [3.8, 4) is 0 Å². The lowest BCUT2D eigenvalue weighted by atomic mass is 10.0. The molecule has 0 spiro atoms. The first-order valence-corrected chi connectivity index (χ1v) is 6.99. The number of aromatic nitrogens is 3. The Balaban J connectivity index is 2.09. The molecule has 0 aliphatic carbocycles. The van der Waals surface area contributed by atoms with E-state index >= 15 is 0 Å². The molecular weight excluding hydrogens is 260 g/mol. The third-order valence-corrected chi connectivity index (χ3v) is 3.47. The summed E-state index contributed by atoms with van der Waals surface area (Å²) in [5, 5.41) is 8.30. The van der Waals surface area contributed by atoms with E-state index in [1.54, 1.807) is 7.11 Å². The van der Waals surface area contributed by atoms with Gasteiger partial charge in [0.1, 0.15) is 0 Å². The molecule has 2 heterocycles. The third kappa shape index (κ3) is 3.77. The van der Waals surface area contributed by atoms with E-state index in [0.29, 0.717) is 12.3 Å². The number of hydrogen-bond acceptors (Lipinski definition) is 5. The molecule has 20 heavy (non-hydrogen) atoms. The average Bonchev–Trinajstić information content (AvgIpc) is 3.03. The fourth-order valence-corrected chi connectivity index (χ4v) is 2.52. The van der Waals surface area contributed by atoms with Crippen molar-refractivity contribution in [2.45, 2.75) is 38.1 Å². The van der Waals surface area contributed by atoms with Crippen LogP contribution in [0.4, 0.5) is 0 Å². The smallest absolute Gasteiger partial charge is 0.223 e. The van der Waals surface area contributed by atoms with Gasteiger partial charge in [-0.05, 0) is 19.3 Å². The number of nitrogens with two attached hydrogens (primary N) is 1. The van der Waals surface area contributed by atoms with Crippen molar-refractivity contribution >= 4 is 5.91 Å². The molecule has 0 aromatic carbocycles. The van der Waals surface area contributed by atoms with E-state index in [4.69, 9.17) is 15.2 Å². The number of carbonyl (C=O) groups is 1. The fourth-order valence-electron chi connectivity index (χ4n) is 2.52. The Kier molecular flexibility index (Phi) is 5.49. The number of nitrogens with zero attached hydrogens (tertiary/aromatic N) is 3. The molecule has 2 rings (SSSR count). The number of primary amides is 1. The molecule has 112 valence electrons. The second-order valence-corrected chi connectivity index (χ2v) is 5.05. The molecule has 1 amide bonds. The van der Waals surface area contributed by atoms with Gasteiger partial charge < -0.3 is 15.2 Å². The summed E-state index contributed by atoms with van der Waals surface area (Å²) in [5.74, 6) is -0.113. The van der Waals surface area contributed by atoms with Crippen LogP contribution in [0.3, 0.4) is 0 Å². The maximum absolute atomic E-state index is 11.1. The maximum Gasteiger partial charge on any atom is 0.223 e. The van der Waals surface area contributed by atoms with Gasteiger partial charge in [0.2, 0.25) is 5.91 Å². The van der Waals surface area contributed by atoms with E-state index in [1.165, 1.54) is 0 Å². The highest BCUT2D eigenvalue weighted by molar-refractivity contribution is 5.76. The molecule has 1 aromatic heterocycles. The Hall–Kier alpha value is -1.47. The summed E-state index contributed by atoms with van der Waals surface area (Å²) in [5.41, 5.74) is 6.98. The summed E-state index contributed by atoms with van der Waals surface area (Å²) in [6.45, 7) is 2.93. The number of aryl methyl sites for hydroxylation is 1. The molecule has 1 unspecified atom stereocenters. The van der Waals surface area contributed by atoms with E-state index in [9.17, 15) is 4.79 Å². The van der Waals surface area contributed by atoms with Gasteiger partial charge in [-0.25, -0.2) is 4.68 Å². The van der Waals surface area contributed by atoms with Crippen LogP contribution < -0.4 is 5.73 Å². The lowest BCUT2D eigenvalue weighted by Crippen LogP contribution is -2.17. The second kappa shape index (κ2) is 7.35. The summed E-state index contributed by atoms with van der Waals surface area (Å²) in [6, 6.07) is 0. The minimum absolute atomic E-state index is 0.143. The zero-order chi connectivity index (χ0) is 14.4. The zero-order valence-corrected chi connectivity index (χ0v) is 11.9. The van der Waals surface area contributed by atoms with Crippen molar-refractivity contribution in [3.05, 3.63) is 11.4 Å². The quantitative estimate of drug-likeness (QED) is 0.689. The van der Waals surface area contributed by atoms with Crippen molar-refractivity contribution in [3.63, 3.8) is 0 Å². The number of hydrogen-bond donors (Lipinski definition) is 1. The molecule has 2 N–H and O–H groups in total. The van der Waals surface area contributed by atoms with E-state index in [1.807, 2.05) is 4.68 Å². The molecule has 1 aromatic rings. The predicted molar refractivity (Wildman–Crippen MR) is 72.2 cm³/mol. The van der Waals surface area contributed by atoms with Crippen molar-refractivity contribution in [1.82, 2.24) is 15.0 Å². The molecule has 1 saturated heterocycles. The van der Waals surface area contributed by atoms with Crippen LogP contribution in [-0.4, -0.2) is 47.8 Å². The number of carbonyl (C=O) groups excluding carboxylic acids is 1. The summed E-state index contributed by atoms with van der Waals surface area (Å²) < 4.78 is 12.4. The SMILES string of the molecule is COCCCCn1nnc(CC(N)=O)c1C1CCOC1. The highest BCUT2D eigenvalue weighted by atomic mass is 16.5. The average molecular weight is 282 g/mol. The van der Waals surface area contributed by atoms with Gasteiger partial charge >= 0.3 is 0 Å². The van der Waals surface area contributed by atoms with Gasteiger partial charge in [0.25, 0.3) is 0 Å². The van der Waals surface area contributed by atoms with E-state index in [2.05, 4.69) is 10.3 Å². The van der Waals surface area contributed by atoms with Crippen molar-refractivity contribution < 1.29 is 14.3 Å². The Morgan fingerprint density at radius 1 is 1.55 bits per heavy atom. The molecule has 1 atom stereocenters. The highest BCUT2D eigenvalue weighted by Gasteiger charge is 2.26. The van der Waals surface area contributed by atoms with Gasteiger partial charge in [0.05, 0.1) is 24.4 Å². The normalized spacial score (nSPS) is 18.6. The van der Waals surface area contributed by atoms with Crippen LogP contribution in [0.25, 0.3) is 0 Å². The maximum atomic E-state index is 11.1. The van der Waals surface area contributed by atoms with Crippen LogP contribution in [-0.2, 0) is 27.2 Å². The second-order valence-electron chi connectivity index (χ2n) is 5.05. The van der Waals surface area contributed by atoms with Crippen LogP contribution in [0, 0.1) is 0 Å². The number of rotatable bonds is 8. The topological polar surface area (TPSA) is 92.3 Å². The summed E-state index contributed by atoms with van der Waals surface area (Å²) in [6.07, 6.45) is 3.02. The molecule has 1 aliphatic heterocycles. The van der Waals surface area contributed by atoms with Gasteiger partial charge in [-0.2, -0.15) is 0 Å². The number of ether oxygens (including phenoxy) is 2. The monoisotopic (exact) mass is 282 g/mol. The number of methoxy groups -OCH3 is 1. The Morgan fingerprint density at radius 2 is 2.40 bits per heavy atom. The fraction of sp³-hybridized carbons (Fsp3) is 0.769. The van der Waals surface area contributed by atoms with E-state index in [0.717, 1.165) is 44.7 Å². The molecule has 0 saturated carbocycles. The summed E-state index contributed by atoms with van der Waals surface area (Å²) in [4.78, 5) is 11.1. The van der Waals surface area contributed by atoms with Crippen LogP contribution in [0.5, 0.6) is 0 Å². The van der Waals surface area contributed by atoms with Crippen LogP contribution >= 0.6 is 0 Å². The minimum Gasteiger partial charge on any atom is -0.385 e. The summed E-state index contributed by atoms with van der Waals surface area (Å²) >= 11 is 0. The molecule has 0 bridgehead atoms. The molecule has 7 heteroatoms. The van der Waals surface area contributed by atoms with Crippen molar-refractivity contribution in [2.75, 3.05) is 26.9 Å². The molecule has 7 nitrogen and oxygen atoms in total. The van der Waals surface area contributed by atoms with Crippen LogP contribution in [0.1, 0.15) is 36.6 Å². The Bertz CT molecular complexity index is 441. The molecule has 0 radical (unpaired) electrons. The summed E-state index contributed by atoms with van der Waals surface area (Å²) in [7, 11) is 1.70. The van der Waals surface area contributed by atoms with E-state index in [-0.39, 0.29) is 18.2 Å². The lowest BCUT2D eigenvalue weighted by molar-refractivity contribution is -0.117. The highest BCUT2D eigenvalue weighted by Crippen LogP contribution is 2.27. The van der Waals surface area contributed by atoms with Crippen molar-refractivity contribution in [1.29, 1.82) is 0 Å². The molecule has 1 fully saturated rings. The molecule has 1 aliphatic rings. The van der Waals surface area contributed by atoms with Crippen molar-refractivity contribution in [2.24, 2.45) is 5.73 Å². The van der Waals surface area contributed by atoms with Gasteiger partial charge in [-0.15, -0.1) is 5.10 Å². The van der Waals surface area contributed by atoms with Gasteiger partial charge in [-0.1, -0.05) is 5.21 Å². The van der Waals surface area contributed by atoms with E-state index < -0.39 is 0 Å². The van der Waals surface area contributed by atoms with Gasteiger partial charge in [0.15, 0.2) is 0 Å². The third-order valence-electron chi connectivity index (χ3n) is 3.47. The first-order valence-electron chi connectivity index (χ1n) is 6.99. The predicted octanol–water partition coefficient (Wildman–Crippen LogP) is 0.236. The lowest BCUT2D eigenvalue weighted by Gasteiger charge is -2.12.